The van der Waals surface area contributed by atoms with E-state index in [0.717, 1.165) is 20.7 Å². The monoisotopic (exact) mass is 616 g/mol. The molecular formula is C24H20O7Si7. The van der Waals surface area contributed by atoms with E-state index >= 15 is 0 Å². The lowest BCUT2D eigenvalue weighted by Gasteiger charge is -2.41. The topological polar surface area (TPSA) is 64.6 Å². The normalized spacial score (nSPS) is 18.7. The first kappa shape index (κ1) is 27.7. The van der Waals surface area contributed by atoms with E-state index in [0.29, 0.717) is 0 Å². The van der Waals surface area contributed by atoms with Gasteiger partial charge < -0.3 is 28.8 Å². The summed E-state index contributed by atoms with van der Waals surface area (Å²) in [5, 5.41) is 3.79. The van der Waals surface area contributed by atoms with Gasteiger partial charge in [0.1, 0.15) is 0 Å². The zero-order valence-electron chi connectivity index (χ0n) is 19.9. The van der Waals surface area contributed by atoms with Crippen molar-refractivity contribution in [2.24, 2.45) is 0 Å². The fraction of sp³-hybridized carbons (Fsp3) is 0. The van der Waals surface area contributed by atoms with Crippen LogP contribution in [0.5, 0.6) is 0 Å². The van der Waals surface area contributed by atoms with Crippen LogP contribution >= 0.6 is 0 Å². The smallest absolute Gasteiger partial charge is 0.412 e. The minimum Gasteiger partial charge on any atom is -0.412 e. The van der Waals surface area contributed by atoms with Crippen molar-refractivity contribution in [2.75, 3.05) is 0 Å². The third-order valence-electron chi connectivity index (χ3n) is 5.61. The highest BCUT2D eigenvalue weighted by Crippen LogP contribution is 2.19. The highest BCUT2D eigenvalue weighted by molar-refractivity contribution is 7.06. The molecule has 5 rings (SSSR count). The molecule has 1 aliphatic rings. The van der Waals surface area contributed by atoms with Crippen LogP contribution in [0.1, 0.15) is 0 Å². The lowest BCUT2D eigenvalue weighted by atomic mass is 10.4. The van der Waals surface area contributed by atoms with Gasteiger partial charge in [0.25, 0.3) is 0 Å². The standard InChI is InChI=1S/C24H20O7Si7/c1-5-13-21(14-6-1)37(22-15-7-2-8-16-22)29-35-27-33-25-32-26-34-28-36-30-38(31-37,23-17-9-3-10-18-23)24-19-11-4-12-20-24/h1-20H. The quantitative estimate of drug-likeness (QED) is 0.306. The van der Waals surface area contributed by atoms with Crippen molar-refractivity contribution >= 4 is 87.9 Å². The molecule has 0 amide bonds. The molecule has 0 aliphatic carbocycles. The predicted octanol–water partition coefficient (Wildman–Crippen LogP) is 0.300. The van der Waals surface area contributed by atoms with Gasteiger partial charge in [0.2, 0.25) is 0 Å². The Labute approximate surface area is 237 Å². The summed E-state index contributed by atoms with van der Waals surface area (Å²) in [4.78, 5) is 0. The Hall–Kier alpha value is -1.88. The molecule has 186 valence electrons. The van der Waals surface area contributed by atoms with Crippen molar-refractivity contribution in [3.63, 3.8) is 0 Å². The second-order valence-electron chi connectivity index (χ2n) is 7.83. The number of rotatable bonds is 4. The third kappa shape index (κ3) is 6.46. The fourth-order valence-corrected chi connectivity index (χ4v) is 17.8. The van der Waals surface area contributed by atoms with Crippen LogP contribution in [-0.2, 0) is 28.8 Å². The summed E-state index contributed by atoms with van der Waals surface area (Å²) in [7, 11) is -8.19. The molecule has 0 atom stereocenters. The van der Waals surface area contributed by atoms with E-state index in [1.54, 1.807) is 0 Å². The second-order valence-corrected chi connectivity index (χ2v) is 19.2. The zero-order valence-corrected chi connectivity index (χ0v) is 26.9. The molecule has 0 unspecified atom stereocenters. The molecule has 0 N–H and O–H groups in total. The van der Waals surface area contributed by atoms with E-state index in [1.165, 1.54) is 0 Å². The van der Waals surface area contributed by atoms with Crippen LogP contribution in [0.25, 0.3) is 0 Å². The molecule has 0 aromatic heterocycles. The summed E-state index contributed by atoms with van der Waals surface area (Å²) >= 11 is 0. The van der Waals surface area contributed by atoms with Gasteiger partial charge in [-0.2, -0.15) is 0 Å². The Kier molecular flexibility index (Phi) is 10.2. The van der Waals surface area contributed by atoms with Gasteiger partial charge in [-0.1, -0.05) is 121 Å². The molecule has 14 heteroatoms. The third-order valence-corrected chi connectivity index (χ3v) is 17.9. The maximum atomic E-state index is 7.53. The first-order valence-electron chi connectivity index (χ1n) is 11.5. The van der Waals surface area contributed by atoms with E-state index in [4.69, 9.17) is 28.8 Å². The summed E-state index contributed by atoms with van der Waals surface area (Å²) < 4.78 is 43.6. The summed E-state index contributed by atoms with van der Waals surface area (Å²) in [6.45, 7) is 0. The Bertz CT molecular complexity index is 1070. The van der Waals surface area contributed by atoms with Crippen LogP contribution in [0, 0.1) is 0 Å². The van der Waals surface area contributed by atoms with Crippen LogP contribution in [0.15, 0.2) is 121 Å². The highest BCUT2D eigenvalue weighted by Gasteiger charge is 2.54. The maximum Gasteiger partial charge on any atom is 0.413 e. The molecule has 7 nitrogen and oxygen atoms in total. The SMILES string of the molecule is c1ccc([Si]2(c3ccccc3)O[Si]O[Si]O[Si]O[Si]O[Si]O[Si](c3ccccc3)(c3ccccc3)O2)cc1. The summed E-state index contributed by atoms with van der Waals surface area (Å²) in [5.74, 6) is 0. The molecule has 1 heterocycles. The number of hydrogen-bond acceptors (Lipinski definition) is 7. The Balaban J connectivity index is 1.74. The largest absolute Gasteiger partial charge is 0.413 e. The summed E-state index contributed by atoms with van der Waals surface area (Å²) in [6.07, 6.45) is 0. The van der Waals surface area contributed by atoms with Crippen molar-refractivity contribution in [1.82, 2.24) is 0 Å². The van der Waals surface area contributed by atoms with Crippen molar-refractivity contribution < 1.29 is 28.8 Å². The van der Waals surface area contributed by atoms with E-state index in [-0.39, 0.29) is 50.0 Å². The molecule has 4 aromatic carbocycles. The average Bonchev–Trinajstić information content (AvgIpc) is 3.00. The van der Waals surface area contributed by atoms with E-state index in [9.17, 15) is 0 Å². The van der Waals surface area contributed by atoms with Crippen LogP contribution < -0.4 is 20.7 Å². The average molecular weight is 617 g/mol. The number of benzene rings is 4. The van der Waals surface area contributed by atoms with Gasteiger partial charge in [0.15, 0.2) is 0 Å². The van der Waals surface area contributed by atoms with Crippen molar-refractivity contribution in [3.8, 4) is 0 Å². The Morgan fingerprint density at radius 2 is 0.605 bits per heavy atom. The highest BCUT2D eigenvalue weighted by atomic mass is 28.5. The van der Waals surface area contributed by atoms with Crippen LogP contribution in [0.4, 0.5) is 0 Å². The maximum absolute atomic E-state index is 7.53. The summed E-state index contributed by atoms with van der Waals surface area (Å²) in [6, 6.07) is 40.4. The first-order chi connectivity index (χ1) is 18.8. The van der Waals surface area contributed by atoms with Gasteiger partial charge >= 0.3 is 67.2 Å². The molecule has 4 aromatic rings. The van der Waals surface area contributed by atoms with Crippen LogP contribution in [0.3, 0.4) is 0 Å². The minimum atomic E-state index is -3.45. The lowest BCUT2D eigenvalue weighted by molar-refractivity contribution is 0.318. The molecule has 0 spiro atoms. The van der Waals surface area contributed by atoms with Crippen molar-refractivity contribution in [3.05, 3.63) is 121 Å². The molecule has 0 bridgehead atoms. The Morgan fingerprint density at radius 3 is 0.895 bits per heavy atom. The molecule has 0 saturated carbocycles. The van der Waals surface area contributed by atoms with E-state index in [1.807, 2.05) is 72.8 Å². The molecule has 10 radical (unpaired) electrons. The lowest BCUT2D eigenvalue weighted by Crippen LogP contribution is -2.76. The minimum absolute atomic E-state index is 0.199. The molecule has 1 fully saturated rings. The first-order valence-corrected chi connectivity index (χ1v) is 19.2. The Morgan fingerprint density at radius 1 is 0.342 bits per heavy atom. The summed E-state index contributed by atoms with van der Waals surface area (Å²) in [5.41, 5.74) is 0. The van der Waals surface area contributed by atoms with Gasteiger partial charge in [-0.3, -0.25) is 0 Å². The van der Waals surface area contributed by atoms with E-state index in [2.05, 4.69) is 48.5 Å². The number of hydrogen-bond donors (Lipinski definition) is 0. The molecule has 1 aliphatic heterocycles. The predicted molar refractivity (Wildman–Crippen MR) is 152 cm³/mol. The van der Waals surface area contributed by atoms with Gasteiger partial charge in [-0.15, -0.1) is 0 Å². The molecule has 1 saturated heterocycles. The van der Waals surface area contributed by atoms with Gasteiger partial charge in [0, 0.05) is 0 Å². The van der Waals surface area contributed by atoms with Crippen molar-refractivity contribution in [1.29, 1.82) is 0 Å². The van der Waals surface area contributed by atoms with Gasteiger partial charge in [-0.25, -0.2) is 0 Å². The molecular weight excluding hydrogens is 597 g/mol. The fourth-order valence-electron chi connectivity index (χ4n) is 3.97. The zero-order chi connectivity index (χ0) is 25.9. The van der Waals surface area contributed by atoms with E-state index < -0.39 is 17.1 Å². The van der Waals surface area contributed by atoms with Gasteiger partial charge in [-0.05, 0) is 20.7 Å². The molecule has 38 heavy (non-hydrogen) atoms. The van der Waals surface area contributed by atoms with Crippen molar-refractivity contribution in [2.45, 2.75) is 0 Å². The second kappa shape index (κ2) is 14.0. The van der Waals surface area contributed by atoms with Crippen LogP contribution in [0.2, 0.25) is 0 Å². The van der Waals surface area contributed by atoms with Gasteiger partial charge in [0.05, 0.1) is 0 Å². The van der Waals surface area contributed by atoms with Crippen LogP contribution in [-0.4, -0.2) is 67.2 Å².